The number of carbonyl (C=O) groups is 1. The summed E-state index contributed by atoms with van der Waals surface area (Å²) in [5, 5.41) is 16.4. The molecular formula is C22H22N4O4S. The first kappa shape index (κ1) is 21.0. The third kappa shape index (κ3) is 4.73. The molecule has 2 aromatic carbocycles. The third-order valence-corrected chi connectivity index (χ3v) is 5.93. The molecule has 0 atom stereocenters. The molecule has 1 fully saturated rings. The first-order valence-corrected chi connectivity index (χ1v) is 10.9. The number of hydrogen-bond donors (Lipinski definition) is 1. The van der Waals surface area contributed by atoms with E-state index in [4.69, 9.17) is 4.74 Å². The topological polar surface area (TPSA) is 97.6 Å². The SMILES string of the molecule is CCc1ccc(-c2csc(NC(=O)c3cc([N+](=O)[O-])ccc3N3CCOCC3)n2)cc1. The fraction of sp³-hybridized carbons (Fsp3) is 0.273. The van der Waals surface area contributed by atoms with E-state index >= 15 is 0 Å². The Morgan fingerprint density at radius 3 is 2.65 bits per heavy atom. The lowest BCUT2D eigenvalue weighted by Gasteiger charge is -2.30. The number of nitro groups is 1. The van der Waals surface area contributed by atoms with Gasteiger partial charge < -0.3 is 9.64 Å². The van der Waals surface area contributed by atoms with Crippen molar-refractivity contribution in [2.45, 2.75) is 13.3 Å². The van der Waals surface area contributed by atoms with E-state index in [1.54, 1.807) is 6.07 Å². The van der Waals surface area contributed by atoms with Crippen molar-refractivity contribution in [3.05, 3.63) is 69.1 Å². The summed E-state index contributed by atoms with van der Waals surface area (Å²) in [6, 6.07) is 12.5. The average Bonchev–Trinajstić information content (AvgIpc) is 3.27. The highest BCUT2D eigenvalue weighted by atomic mass is 32.1. The Morgan fingerprint density at radius 1 is 1.23 bits per heavy atom. The molecule has 1 amide bonds. The van der Waals surface area contributed by atoms with Crippen LogP contribution in [0.1, 0.15) is 22.8 Å². The van der Waals surface area contributed by atoms with E-state index in [0.29, 0.717) is 37.1 Å². The maximum atomic E-state index is 13.1. The van der Waals surface area contributed by atoms with Crippen LogP contribution in [0.2, 0.25) is 0 Å². The molecule has 4 rings (SSSR count). The van der Waals surface area contributed by atoms with Crippen molar-refractivity contribution in [3.63, 3.8) is 0 Å². The number of nitrogens with one attached hydrogen (secondary N) is 1. The molecule has 1 saturated heterocycles. The van der Waals surface area contributed by atoms with Crippen LogP contribution < -0.4 is 10.2 Å². The molecule has 9 heteroatoms. The Bertz CT molecular complexity index is 1090. The summed E-state index contributed by atoms with van der Waals surface area (Å²) in [7, 11) is 0. The van der Waals surface area contributed by atoms with Crippen LogP contribution in [-0.2, 0) is 11.2 Å². The molecule has 1 aromatic heterocycles. The van der Waals surface area contributed by atoms with E-state index in [-0.39, 0.29) is 11.3 Å². The van der Waals surface area contributed by atoms with Gasteiger partial charge in [0.15, 0.2) is 5.13 Å². The Hall–Kier alpha value is -3.30. The summed E-state index contributed by atoms with van der Waals surface area (Å²) < 4.78 is 5.38. The van der Waals surface area contributed by atoms with Gasteiger partial charge in [0.05, 0.1) is 35.1 Å². The lowest BCUT2D eigenvalue weighted by atomic mass is 10.1. The summed E-state index contributed by atoms with van der Waals surface area (Å²) >= 11 is 1.32. The van der Waals surface area contributed by atoms with Crippen LogP contribution in [0.4, 0.5) is 16.5 Å². The molecule has 0 radical (unpaired) electrons. The molecule has 0 aliphatic carbocycles. The van der Waals surface area contributed by atoms with Gasteiger partial charge in [0.2, 0.25) is 0 Å². The van der Waals surface area contributed by atoms with Gasteiger partial charge in [-0.2, -0.15) is 0 Å². The lowest BCUT2D eigenvalue weighted by molar-refractivity contribution is -0.384. The second-order valence-electron chi connectivity index (χ2n) is 7.10. The highest BCUT2D eigenvalue weighted by Crippen LogP contribution is 2.29. The number of aryl methyl sites for hydroxylation is 1. The van der Waals surface area contributed by atoms with Gasteiger partial charge in [-0.05, 0) is 18.1 Å². The van der Waals surface area contributed by atoms with Crippen LogP contribution >= 0.6 is 11.3 Å². The fourth-order valence-electron chi connectivity index (χ4n) is 3.44. The molecule has 8 nitrogen and oxygen atoms in total. The van der Waals surface area contributed by atoms with Gasteiger partial charge >= 0.3 is 0 Å². The van der Waals surface area contributed by atoms with Crippen molar-refractivity contribution >= 4 is 33.8 Å². The molecule has 160 valence electrons. The fourth-order valence-corrected chi connectivity index (χ4v) is 4.15. The predicted octanol–water partition coefficient (Wildman–Crippen LogP) is 4.37. The van der Waals surface area contributed by atoms with Crippen LogP contribution in [0.15, 0.2) is 47.8 Å². The van der Waals surface area contributed by atoms with Gasteiger partial charge in [-0.1, -0.05) is 31.2 Å². The smallest absolute Gasteiger partial charge is 0.270 e. The predicted molar refractivity (Wildman–Crippen MR) is 121 cm³/mol. The number of morpholine rings is 1. The van der Waals surface area contributed by atoms with Gasteiger partial charge in [0.1, 0.15) is 0 Å². The molecule has 0 spiro atoms. The number of hydrogen-bond acceptors (Lipinski definition) is 7. The highest BCUT2D eigenvalue weighted by Gasteiger charge is 2.23. The normalized spacial score (nSPS) is 13.8. The van der Waals surface area contributed by atoms with E-state index in [1.165, 1.54) is 29.0 Å². The zero-order valence-electron chi connectivity index (χ0n) is 17.0. The number of carbonyl (C=O) groups excluding carboxylic acids is 1. The molecular weight excluding hydrogens is 416 g/mol. The van der Waals surface area contributed by atoms with Crippen LogP contribution in [0.5, 0.6) is 0 Å². The first-order valence-electron chi connectivity index (χ1n) is 10.0. The molecule has 1 N–H and O–H groups in total. The summed E-state index contributed by atoms with van der Waals surface area (Å²) in [6.07, 6.45) is 0.966. The maximum absolute atomic E-state index is 13.1. The Morgan fingerprint density at radius 2 is 1.97 bits per heavy atom. The number of amides is 1. The van der Waals surface area contributed by atoms with Crippen molar-refractivity contribution in [1.82, 2.24) is 4.98 Å². The van der Waals surface area contributed by atoms with Crippen molar-refractivity contribution in [1.29, 1.82) is 0 Å². The largest absolute Gasteiger partial charge is 0.378 e. The van der Waals surface area contributed by atoms with Gasteiger partial charge in [0.25, 0.3) is 11.6 Å². The second-order valence-corrected chi connectivity index (χ2v) is 7.96. The minimum absolute atomic E-state index is 0.127. The highest BCUT2D eigenvalue weighted by molar-refractivity contribution is 7.14. The van der Waals surface area contributed by atoms with Crippen molar-refractivity contribution in [2.24, 2.45) is 0 Å². The number of thiazole rings is 1. The van der Waals surface area contributed by atoms with E-state index in [1.807, 2.05) is 22.4 Å². The second kappa shape index (κ2) is 9.23. The number of benzene rings is 2. The first-order chi connectivity index (χ1) is 15.0. The standard InChI is InChI=1S/C22H22N4O4S/c1-2-15-3-5-16(6-4-15)19-14-31-22(23-19)24-21(27)18-13-17(26(28)29)7-8-20(18)25-9-11-30-12-10-25/h3-8,13-14H,2,9-12H2,1H3,(H,23,24,27). The summed E-state index contributed by atoms with van der Waals surface area (Å²) in [4.78, 5) is 30.3. The zero-order valence-corrected chi connectivity index (χ0v) is 17.9. The van der Waals surface area contributed by atoms with Crippen molar-refractivity contribution in [3.8, 4) is 11.3 Å². The van der Waals surface area contributed by atoms with E-state index in [9.17, 15) is 14.9 Å². The van der Waals surface area contributed by atoms with Crippen LogP contribution in [0.25, 0.3) is 11.3 Å². The summed E-state index contributed by atoms with van der Waals surface area (Å²) in [5.41, 5.74) is 3.76. The summed E-state index contributed by atoms with van der Waals surface area (Å²) in [6.45, 7) is 4.43. The van der Waals surface area contributed by atoms with Gasteiger partial charge in [0, 0.05) is 36.2 Å². The van der Waals surface area contributed by atoms with E-state index in [2.05, 4.69) is 29.4 Å². The van der Waals surface area contributed by atoms with E-state index in [0.717, 1.165) is 17.7 Å². The zero-order chi connectivity index (χ0) is 21.8. The molecule has 1 aliphatic heterocycles. The number of anilines is 2. The number of ether oxygens (including phenoxy) is 1. The summed E-state index contributed by atoms with van der Waals surface area (Å²) in [5.74, 6) is -0.424. The van der Waals surface area contributed by atoms with Crippen LogP contribution in [-0.4, -0.2) is 42.1 Å². The van der Waals surface area contributed by atoms with Crippen molar-refractivity contribution in [2.75, 3.05) is 36.5 Å². The molecule has 0 saturated carbocycles. The number of nitrogens with zero attached hydrogens (tertiary/aromatic N) is 3. The lowest BCUT2D eigenvalue weighted by Crippen LogP contribution is -2.37. The van der Waals surface area contributed by atoms with Crippen LogP contribution in [0, 0.1) is 10.1 Å². The molecule has 3 aromatic rings. The molecule has 0 bridgehead atoms. The van der Waals surface area contributed by atoms with Gasteiger partial charge in [-0.15, -0.1) is 11.3 Å². The minimum atomic E-state index is -0.499. The number of rotatable bonds is 6. The molecule has 31 heavy (non-hydrogen) atoms. The number of nitro benzene ring substituents is 1. The van der Waals surface area contributed by atoms with Gasteiger partial charge in [-0.25, -0.2) is 4.98 Å². The van der Waals surface area contributed by atoms with Gasteiger partial charge in [-0.3, -0.25) is 20.2 Å². The Kier molecular flexibility index (Phi) is 6.24. The Balaban J connectivity index is 1.58. The third-order valence-electron chi connectivity index (χ3n) is 5.17. The number of non-ortho nitro benzene ring substituents is 1. The van der Waals surface area contributed by atoms with Crippen LogP contribution in [0.3, 0.4) is 0 Å². The minimum Gasteiger partial charge on any atom is -0.378 e. The van der Waals surface area contributed by atoms with Crippen molar-refractivity contribution < 1.29 is 14.5 Å². The maximum Gasteiger partial charge on any atom is 0.270 e. The number of aromatic nitrogens is 1. The van der Waals surface area contributed by atoms with E-state index < -0.39 is 10.8 Å². The monoisotopic (exact) mass is 438 g/mol. The molecule has 1 aliphatic rings. The quantitative estimate of drug-likeness (QED) is 0.453. The molecule has 0 unspecified atom stereocenters. The Labute approximate surface area is 183 Å². The average molecular weight is 439 g/mol. The molecule has 2 heterocycles.